The molecule has 1 aromatic carbocycles. The summed E-state index contributed by atoms with van der Waals surface area (Å²) in [4.78, 5) is 9.70. The summed E-state index contributed by atoms with van der Waals surface area (Å²) in [5.41, 5.74) is 5.25. The Kier molecular flexibility index (Phi) is 2.35. The molecule has 2 N–H and O–H groups in total. The second kappa shape index (κ2) is 3.29. The summed E-state index contributed by atoms with van der Waals surface area (Å²) in [5.74, 6) is 0. The topological polar surface area (TPSA) is 92.9 Å². The molecule has 0 atom stereocenters. The predicted molar refractivity (Wildman–Crippen MR) is 47.2 cm³/mol. The predicted octanol–water partition coefficient (Wildman–Crippen LogP) is 1.70. The lowest BCUT2D eigenvalue weighted by Crippen LogP contribution is -1.95. The van der Waals surface area contributed by atoms with Gasteiger partial charge in [0.25, 0.3) is 5.69 Å². The molecule has 0 spiro atoms. The minimum atomic E-state index is -0.653. The highest BCUT2D eigenvalue weighted by molar-refractivity contribution is 6.32. The number of halogens is 1. The van der Waals surface area contributed by atoms with Gasteiger partial charge in [0.1, 0.15) is 11.1 Å². The van der Waals surface area contributed by atoms with Gasteiger partial charge in [0.2, 0.25) is 0 Å². The van der Waals surface area contributed by atoms with E-state index in [1.54, 1.807) is 6.07 Å². The summed E-state index contributed by atoms with van der Waals surface area (Å²) in [7, 11) is 0. The zero-order valence-electron chi connectivity index (χ0n) is 6.32. The standard InChI is InChI=1S/C7H4ClN3O2/c8-5-1-4(3-9)6(10)2-7(5)11(12)13/h1-2H,10H2. The van der Waals surface area contributed by atoms with Crippen LogP contribution in [0.2, 0.25) is 5.02 Å². The van der Waals surface area contributed by atoms with Gasteiger partial charge in [-0.3, -0.25) is 10.1 Å². The number of nitro benzene ring substituents is 1. The maximum Gasteiger partial charge on any atom is 0.290 e. The zero-order chi connectivity index (χ0) is 10.0. The fourth-order valence-corrected chi connectivity index (χ4v) is 1.05. The molecule has 0 saturated heterocycles. The smallest absolute Gasteiger partial charge is 0.290 e. The van der Waals surface area contributed by atoms with Crippen LogP contribution in [0.3, 0.4) is 0 Å². The lowest BCUT2D eigenvalue weighted by atomic mass is 10.2. The Labute approximate surface area is 78.5 Å². The lowest BCUT2D eigenvalue weighted by molar-refractivity contribution is -0.384. The first-order valence-corrected chi connectivity index (χ1v) is 3.57. The normalized spacial score (nSPS) is 9.23. The maximum atomic E-state index is 10.4. The van der Waals surface area contributed by atoms with Crippen LogP contribution in [0.1, 0.15) is 5.56 Å². The van der Waals surface area contributed by atoms with E-state index in [1.165, 1.54) is 6.07 Å². The molecule has 0 aliphatic carbocycles. The Hall–Kier alpha value is -1.80. The molecule has 1 aromatic rings. The molecule has 0 bridgehead atoms. The lowest BCUT2D eigenvalue weighted by Gasteiger charge is -1.98. The first-order chi connectivity index (χ1) is 6.06. The Morgan fingerprint density at radius 2 is 2.23 bits per heavy atom. The number of nitrogens with two attached hydrogens (primary N) is 1. The molecule has 0 unspecified atom stereocenters. The third-order valence-corrected chi connectivity index (χ3v) is 1.74. The third-order valence-electron chi connectivity index (χ3n) is 1.44. The van der Waals surface area contributed by atoms with E-state index in [0.29, 0.717) is 0 Å². The number of hydrogen-bond donors (Lipinski definition) is 1. The van der Waals surface area contributed by atoms with Gasteiger partial charge in [0.15, 0.2) is 0 Å². The fraction of sp³-hybridized carbons (Fsp3) is 0. The summed E-state index contributed by atoms with van der Waals surface area (Å²) < 4.78 is 0. The van der Waals surface area contributed by atoms with Crippen LogP contribution in [0.4, 0.5) is 11.4 Å². The molecule has 66 valence electrons. The van der Waals surface area contributed by atoms with Crippen molar-refractivity contribution in [1.29, 1.82) is 5.26 Å². The third kappa shape index (κ3) is 1.68. The molecular weight excluding hydrogens is 194 g/mol. The highest BCUT2D eigenvalue weighted by atomic mass is 35.5. The van der Waals surface area contributed by atoms with Gasteiger partial charge in [-0.05, 0) is 6.07 Å². The number of rotatable bonds is 1. The van der Waals surface area contributed by atoms with Crippen molar-refractivity contribution in [3.63, 3.8) is 0 Å². The Morgan fingerprint density at radius 3 is 2.69 bits per heavy atom. The summed E-state index contributed by atoms with van der Waals surface area (Å²) in [6, 6.07) is 4.02. The number of nitrogen functional groups attached to an aromatic ring is 1. The van der Waals surface area contributed by atoms with Crippen molar-refractivity contribution in [2.75, 3.05) is 5.73 Å². The molecule has 0 heterocycles. The molecule has 6 heteroatoms. The minimum absolute atomic E-state index is 0.0543. The Bertz CT molecular complexity index is 411. The minimum Gasteiger partial charge on any atom is -0.397 e. The number of nitro groups is 1. The van der Waals surface area contributed by atoms with Gasteiger partial charge < -0.3 is 5.73 Å². The molecule has 0 aromatic heterocycles. The highest BCUT2D eigenvalue weighted by Gasteiger charge is 2.14. The van der Waals surface area contributed by atoms with Crippen LogP contribution in [-0.2, 0) is 0 Å². The molecule has 5 nitrogen and oxygen atoms in total. The van der Waals surface area contributed by atoms with Crippen molar-refractivity contribution in [3.8, 4) is 6.07 Å². The molecule has 13 heavy (non-hydrogen) atoms. The number of benzene rings is 1. The SMILES string of the molecule is N#Cc1cc(Cl)c([N+](=O)[O-])cc1N. The van der Waals surface area contributed by atoms with Gasteiger partial charge in [-0.15, -0.1) is 0 Å². The van der Waals surface area contributed by atoms with Gasteiger partial charge in [-0.2, -0.15) is 5.26 Å². The molecule has 0 fully saturated rings. The summed E-state index contributed by atoms with van der Waals surface area (Å²) >= 11 is 5.53. The van der Waals surface area contributed by atoms with E-state index in [4.69, 9.17) is 22.6 Å². The second-order valence-electron chi connectivity index (χ2n) is 2.26. The number of nitriles is 1. The average Bonchev–Trinajstić information content (AvgIpc) is 2.07. The first kappa shape index (κ1) is 9.29. The molecule has 0 aliphatic heterocycles. The van der Waals surface area contributed by atoms with Gasteiger partial charge in [-0.1, -0.05) is 11.6 Å². The summed E-state index contributed by atoms with van der Waals surface area (Å²) in [5, 5.41) is 18.8. The maximum absolute atomic E-state index is 10.4. The van der Waals surface area contributed by atoms with Gasteiger partial charge >= 0.3 is 0 Å². The van der Waals surface area contributed by atoms with Crippen molar-refractivity contribution in [1.82, 2.24) is 0 Å². The molecule has 0 amide bonds. The van der Waals surface area contributed by atoms with Crippen LogP contribution in [0, 0.1) is 21.4 Å². The van der Waals surface area contributed by atoms with Crippen molar-refractivity contribution in [3.05, 3.63) is 32.8 Å². The monoisotopic (exact) mass is 197 g/mol. The Balaban J connectivity index is 3.39. The molecule has 0 aliphatic rings. The van der Waals surface area contributed by atoms with Crippen LogP contribution in [0.5, 0.6) is 0 Å². The van der Waals surface area contributed by atoms with E-state index in [-0.39, 0.29) is 22.0 Å². The van der Waals surface area contributed by atoms with E-state index in [1.807, 2.05) is 0 Å². The zero-order valence-corrected chi connectivity index (χ0v) is 7.08. The molecular formula is C7H4ClN3O2. The molecule has 0 radical (unpaired) electrons. The first-order valence-electron chi connectivity index (χ1n) is 3.19. The van der Waals surface area contributed by atoms with E-state index in [9.17, 15) is 10.1 Å². The molecule has 0 saturated carbocycles. The molecule has 1 rings (SSSR count). The van der Waals surface area contributed by atoms with Crippen LogP contribution < -0.4 is 5.73 Å². The van der Waals surface area contributed by atoms with E-state index in [2.05, 4.69) is 0 Å². The second-order valence-corrected chi connectivity index (χ2v) is 2.67. The largest absolute Gasteiger partial charge is 0.397 e. The van der Waals surface area contributed by atoms with Crippen LogP contribution in [0.15, 0.2) is 12.1 Å². The van der Waals surface area contributed by atoms with Crippen LogP contribution in [0.25, 0.3) is 0 Å². The van der Waals surface area contributed by atoms with E-state index >= 15 is 0 Å². The summed E-state index contributed by atoms with van der Waals surface area (Å²) in [6.07, 6.45) is 0. The van der Waals surface area contributed by atoms with Crippen LogP contribution >= 0.6 is 11.6 Å². The fourth-order valence-electron chi connectivity index (χ4n) is 0.815. The quantitative estimate of drug-likeness (QED) is 0.421. The van der Waals surface area contributed by atoms with Crippen LogP contribution in [-0.4, -0.2) is 4.92 Å². The Morgan fingerprint density at radius 1 is 1.62 bits per heavy atom. The van der Waals surface area contributed by atoms with Crippen molar-refractivity contribution in [2.45, 2.75) is 0 Å². The van der Waals surface area contributed by atoms with E-state index < -0.39 is 4.92 Å². The highest BCUT2D eigenvalue weighted by Crippen LogP contribution is 2.28. The average molecular weight is 198 g/mol. The van der Waals surface area contributed by atoms with Crippen molar-refractivity contribution in [2.24, 2.45) is 0 Å². The number of nitrogens with zero attached hydrogens (tertiary/aromatic N) is 2. The van der Waals surface area contributed by atoms with Gasteiger partial charge in [-0.25, -0.2) is 0 Å². The number of hydrogen-bond acceptors (Lipinski definition) is 4. The van der Waals surface area contributed by atoms with E-state index in [0.717, 1.165) is 6.07 Å². The number of anilines is 1. The summed E-state index contributed by atoms with van der Waals surface area (Å²) in [6.45, 7) is 0. The van der Waals surface area contributed by atoms with Crippen molar-refractivity contribution >= 4 is 23.0 Å². The van der Waals surface area contributed by atoms with Gasteiger partial charge in [0.05, 0.1) is 16.2 Å². The van der Waals surface area contributed by atoms with Crippen molar-refractivity contribution < 1.29 is 4.92 Å². The van der Waals surface area contributed by atoms with Gasteiger partial charge in [0, 0.05) is 6.07 Å².